The fourth-order valence-electron chi connectivity index (χ4n) is 2.83. The second kappa shape index (κ2) is 6.06. The number of aromatic nitrogens is 3. The number of nitrogens with one attached hydrogen (secondary N) is 2. The van der Waals surface area contributed by atoms with Crippen LogP contribution in [0.4, 0.5) is 18.3 Å². The highest BCUT2D eigenvalue weighted by molar-refractivity contribution is 7.15. The monoisotopic (exact) mass is 381 g/mol. The summed E-state index contributed by atoms with van der Waals surface area (Å²) in [4.78, 5) is 25.9. The van der Waals surface area contributed by atoms with Crippen molar-refractivity contribution in [3.63, 3.8) is 0 Å². The molecule has 0 bridgehead atoms. The molecule has 2 aromatic heterocycles. The number of rotatable bonds is 2. The van der Waals surface area contributed by atoms with Crippen LogP contribution in [0.1, 0.15) is 26.8 Å². The standard InChI is InChI=1S/C16H14F3N5OS/c1-24-5-4-10-12(7-24)26-15(22-10)23-13(25)8-2-3-9-11(6-8)21-14(20-9)16(17,18)19/h2-3,6H,4-5,7H2,1H3,(H,20,21)(H,22,23,25). The summed E-state index contributed by atoms with van der Waals surface area (Å²) in [5.74, 6) is -1.50. The number of anilines is 1. The number of likely N-dealkylation sites (N-methyl/N-ethyl adjacent to an activating group) is 1. The molecule has 136 valence electrons. The van der Waals surface area contributed by atoms with Crippen LogP contribution in [0, 0.1) is 0 Å². The average molecular weight is 381 g/mol. The minimum absolute atomic E-state index is 0.154. The van der Waals surface area contributed by atoms with Crippen LogP contribution >= 0.6 is 11.3 Å². The lowest BCUT2D eigenvalue weighted by atomic mass is 10.2. The van der Waals surface area contributed by atoms with E-state index in [-0.39, 0.29) is 16.6 Å². The number of benzene rings is 1. The highest BCUT2D eigenvalue weighted by Gasteiger charge is 2.34. The number of nitrogens with zero attached hydrogens (tertiary/aromatic N) is 3. The number of aromatic amines is 1. The van der Waals surface area contributed by atoms with Gasteiger partial charge in [0.1, 0.15) is 0 Å². The Morgan fingerprint density at radius 2 is 2.15 bits per heavy atom. The quantitative estimate of drug-likeness (QED) is 0.715. The normalized spacial score (nSPS) is 15.2. The molecule has 0 saturated heterocycles. The molecule has 3 aromatic rings. The van der Waals surface area contributed by atoms with Gasteiger partial charge in [0.05, 0.1) is 16.7 Å². The Balaban J connectivity index is 1.56. The number of hydrogen-bond acceptors (Lipinski definition) is 5. The van der Waals surface area contributed by atoms with Crippen molar-refractivity contribution in [3.05, 3.63) is 40.2 Å². The lowest BCUT2D eigenvalue weighted by Crippen LogP contribution is -2.25. The third-order valence-corrected chi connectivity index (χ3v) is 5.15. The van der Waals surface area contributed by atoms with Gasteiger partial charge in [0, 0.05) is 30.0 Å². The van der Waals surface area contributed by atoms with Gasteiger partial charge in [-0.2, -0.15) is 13.2 Å². The zero-order valence-electron chi connectivity index (χ0n) is 13.6. The summed E-state index contributed by atoms with van der Waals surface area (Å²) >= 11 is 1.42. The third-order valence-electron chi connectivity index (χ3n) is 4.16. The van der Waals surface area contributed by atoms with Gasteiger partial charge in [0.15, 0.2) is 5.13 Å². The Kier molecular flexibility index (Phi) is 3.96. The Morgan fingerprint density at radius 1 is 1.35 bits per heavy atom. The smallest absolute Gasteiger partial charge is 0.334 e. The van der Waals surface area contributed by atoms with Gasteiger partial charge >= 0.3 is 6.18 Å². The first-order chi connectivity index (χ1) is 12.3. The van der Waals surface area contributed by atoms with Crippen molar-refractivity contribution in [2.45, 2.75) is 19.1 Å². The predicted octanol–water partition coefficient (Wildman–Crippen LogP) is 3.28. The Hall–Kier alpha value is -2.46. The van der Waals surface area contributed by atoms with E-state index in [1.54, 1.807) is 0 Å². The molecule has 1 aromatic carbocycles. The first-order valence-corrected chi connectivity index (χ1v) is 8.67. The summed E-state index contributed by atoms with van der Waals surface area (Å²) < 4.78 is 38.2. The molecule has 0 saturated carbocycles. The Morgan fingerprint density at radius 3 is 2.92 bits per heavy atom. The van der Waals surface area contributed by atoms with E-state index in [2.05, 4.69) is 25.2 Å². The van der Waals surface area contributed by atoms with Crippen LogP contribution < -0.4 is 5.32 Å². The van der Waals surface area contributed by atoms with Gasteiger partial charge in [-0.1, -0.05) is 0 Å². The zero-order valence-corrected chi connectivity index (χ0v) is 14.5. The van der Waals surface area contributed by atoms with Crippen LogP contribution in [0.3, 0.4) is 0 Å². The minimum Gasteiger partial charge on any atom is -0.334 e. The fraction of sp³-hybridized carbons (Fsp3) is 0.312. The van der Waals surface area contributed by atoms with E-state index < -0.39 is 17.9 Å². The SMILES string of the molecule is CN1CCc2nc(NC(=O)c3ccc4nc(C(F)(F)F)[nH]c4c3)sc2C1. The fourth-order valence-corrected chi connectivity index (χ4v) is 3.91. The summed E-state index contributed by atoms with van der Waals surface area (Å²) in [6.07, 6.45) is -3.73. The second-order valence-corrected chi connectivity index (χ2v) is 7.23. The van der Waals surface area contributed by atoms with Crippen LogP contribution in [0.15, 0.2) is 18.2 Å². The summed E-state index contributed by atoms with van der Waals surface area (Å²) in [7, 11) is 2.02. The molecule has 0 fully saturated rings. The van der Waals surface area contributed by atoms with Gasteiger partial charge in [-0.3, -0.25) is 10.1 Å². The summed E-state index contributed by atoms with van der Waals surface area (Å²) in [6, 6.07) is 4.19. The van der Waals surface area contributed by atoms with Gasteiger partial charge < -0.3 is 9.88 Å². The molecule has 4 rings (SSSR count). The molecule has 10 heteroatoms. The molecular formula is C16H14F3N5OS. The maximum absolute atomic E-state index is 12.7. The van der Waals surface area contributed by atoms with E-state index in [1.165, 1.54) is 29.5 Å². The van der Waals surface area contributed by atoms with Crippen molar-refractivity contribution in [3.8, 4) is 0 Å². The number of fused-ring (bicyclic) bond motifs is 2. The molecule has 6 nitrogen and oxygen atoms in total. The first kappa shape index (κ1) is 17.0. The Labute approximate surface area is 150 Å². The number of thiazole rings is 1. The number of H-pyrrole nitrogens is 1. The molecule has 0 radical (unpaired) electrons. The number of carbonyl (C=O) groups excluding carboxylic acids is 1. The van der Waals surface area contributed by atoms with E-state index >= 15 is 0 Å². The maximum atomic E-state index is 12.7. The van der Waals surface area contributed by atoms with E-state index in [1.807, 2.05) is 7.05 Å². The van der Waals surface area contributed by atoms with Gasteiger partial charge in [0.2, 0.25) is 5.82 Å². The van der Waals surface area contributed by atoms with E-state index in [0.717, 1.165) is 30.1 Å². The number of halogens is 3. The highest BCUT2D eigenvalue weighted by atomic mass is 32.1. The van der Waals surface area contributed by atoms with Crippen LogP contribution in [-0.2, 0) is 19.1 Å². The maximum Gasteiger partial charge on any atom is 0.449 e. The number of amides is 1. The van der Waals surface area contributed by atoms with Crippen molar-refractivity contribution >= 4 is 33.4 Å². The number of imidazole rings is 1. The molecule has 26 heavy (non-hydrogen) atoms. The minimum atomic E-state index is -4.56. The molecular weight excluding hydrogens is 367 g/mol. The molecule has 1 aliphatic heterocycles. The van der Waals surface area contributed by atoms with Crippen LogP contribution in [-0.4, -0.2) is 39.4 Å². The van der Waals surface area contributed by atoms with E-state index in [9.17, 15) is 18.0 Å². The highest BCUT2D eigenvalue weighted by Crippen LogP contribution is 2.30. The molecule has 2 N–H and O–H groups in total. The van der Waals surface area contributed by atoms with Crippen molar-refractivity contribution in [1.29, 1.82) is 0 Å². The van der Waals surface area contributed by atoms with E-state index in [0.29, 0.717) is 5.13 Å². The van der Waals surface area contributed by atoms with Gasteiger partial charge in [-0.15, -0.1) is 11.3 Å². The summed E-state index contributed by atoms with van der Waals surface area (Å²) in [6.45, 7) is 1.71. The number of carbonyl (C=O) groups is 1. The van der Waals surface area contributed by atoms with Crippen LogP contribution in [0.5, 0.6) is 0 Å². The van der Waals surface area contributed by atoms with Gasteiger partial charge in [-0.25, -0.2) is 9.97 Å². The lowest BCUT2D eigenvalue weighted by Gasteiger charge is -2.20. The molecule has 0 aliphatic carbocycles. The van der Waals surface area contributed by atoms with Gasteiger partial charge in [-0.05, 0) is 25.2 Å². The topological polar surface area (TPSA) is 73.9 Å². The van der Waals surface area contributed by atoms with Crippen molar-refractivity contribution < 1.29 is 18.0 Å². The second-order valence-electron chi connectivity index (χ2n) is 6.15. The summed E-state index contributed by atoms with van der Waals surface area (Å²) in [5.41, 5.74) is 1.54. The third kappa shape index (κ3) is 3.17. The molecule has 0 atom stereocenters. The Bertz CT molecular complexity index is 994. The van der Waals surface area contributed by atoms with Crippen molar-refractivity contribution in [1.82, 2.24) is 19.9 Å². The predicted molar refractivity (Wildman–Crippen MR) is 91.2 cm³/mol. The van der Waals surface area contributed by atoms with Crippen LogP contribution in [0.25, 0.3) is 11.0 Å². The number of alkyl halides is 3. The molecule has 0 unspecified atom stereocenters. The first-order valence-electron chi connectivity index (χ1n) is 7.85. The molecule has 3 heterocycles. The molecule has 1 amide bonds. The van der Waals surface area contributed by atoms with Crippen molar-refractivity contribution in [2.24, 2.45) is 0 Å². The number of hydrogen-bond donors (Lipinski definition) is 2. The molecule has 1 aliphatic rings. The lowest BCUT2D eigenvalue weighted by molar-refractivity contribution is -0.144. The zero-order chi connectivity index (χ0) is 18.5. The van der Waals surface area contributed by atoms with E-state index in [4.69, 9.17) is 0 Å². The average Bonchev–Trinajstić information content (AvgIpc) is 3.16. The van der Waals surface area contributed by atoms with Gasteiger partial charge in [0.25, 0.3) is 5.91 Å². The largest absolute Gasteiger partial charge is 0.449 e. The van der Waals surface area contributed by atoms with Crippen molar-refractivity contribution in [2.75, 3.05) is 18.9 Å². The van der Waals surface area contributed by atoms with Crippen LogP contribution in [0.2, 0.25) is 0 Å². The summed E-state index contributed by atoms with van der Waals surface area (Å²) in [5, 5.41) is 3.22. The molecule has 0 spiro atoms.